The topological polar surface area (TPSA) is 119 Å². The fourth-order valence-electron chi connectivity index (χ4n) is 4.13. The van der Waals surface area contributed by atoms with Crippen LogP contribution in [0.5, 0.6) is 0 Å². The van der Waals surface area contributed by atoms with E-state index in [9.17, 15) is 14.4 Å². The zero-order valence-corrected chi connectivity index (χ0v) is 18.3. The fourth-order valence-corrected chi connectivity index (χ4v) is 4.13. The molecule has 0 aromatic rings. The molecule has 2 amide bonds. The quantitative estimate of drug-likeness (QED) is 0.266. The Kier molecular flexibility index (Phi) is 8.85. The largest absolute Gasteiger partial charge is 0.481 e. The van der Waals surface area contributed by atoms with Gasteiger partial charge in [0.25, 0.3) is 0 Å². The molecule has 170 valence electrons. The molecule has 0 aliphatic heterocycles. The fraction of sp³-hybridized carbons (Fsp3) is 0.773. The van der Waals surface area contributed by atoms with Gasteiger partial charge in [-0.2, -0.15) is 0 Å². The van der Waals surface area contributed by atoms with Crippen molar-refractivity contribution >= 4 is 17.8 Å². The van der Waals surface area contributed by atoms with Crippen LogP contribution in [-0.2, 0) is 23.9 Å². The van der Waals surface area contributed by atoms with Crippen LogP contribution in [0.3, 0.4) is 0 Å². The van der Waals surface area contributed by atoms with Gasteiger partial charge in [0, 0.05) is 20.2 Å². The average Bonchev–Trinajstić information content (AvgIpc) is 3.18. The van der Waals surface area contributed by atoms with Crippen molar-refractivity contribution < 1.29 is 29.0 Å². The van der Waals surface area contributed by atoms with E-state index >= 15 is 0 Å². The minimum Gasteiger partial charge on any atom is -0.481 e. The highest BCUT2D eigenvalue weighted by atomic mass is 16.7. The number of carbonyl (C=O) groups excluding carboxylic acids is 2. The average molecular weight is 425 g/mol. The van der Waals surface area contributed by atoms with Crippen LogP contribution in [0.4, 0.5) is 0 Å². The number of hydrogen-bond donors (Lipinski definition) is 2. The lowest BCUT2D eigenvalue weighted by Gasteiger charge is -2.23. The van der Waals surface area contributed by atoms with Crippen LogP contribution in [0, 0.1) is 23.2 Å². The van der Waals surface area contributed by atoms with Gasteiger partial charge in [-0.05, 0) is 58.3 Å². The Bertz CT molecular complexity index is 652. The van der Waals surface area contributed by atoms with Crippen molar-refractivity contribution in [2.24, 2.45) is 28.9 Å². The molecule has 0 spiro atoms. The normalized spacial score (nSPS) is 30.5. The number of nitrogens with zero attached hydrogens (tertiary/aromatic N) is 1. The van der Waals surface area contributed by atoms with E-state index in [2.05, 4.69) is 0 Å². The van der Waals surface area contributed by atoms with Gasteiger partial charge in [-0.15, -0.1) is 0 Å². The third-order valence-electron chi connectivity index (χ3n) is 6.44. The summed E-state index contributed by atoms with van der Waals surface area (Å²) in [6.45, 7) is 4.96. The highest BCUT2D eigenvalue weighted by Gasteiger charge is 2.54. The van der Waals surface area contributed by atoms with Crippen LogP contribution >= 0.6 is 0 Å². The van der Waals surface area contributed by atoms with Crippen molar-refractivity contribution in [2.45, 2.75) is 58.5 Å². The Morgan fingerprint density at radius 1 is 1.23 bits per heavy atom. The monoisotopic (exact) mass is 424 g/mol. The maximum Gasteiger partial charge on any atom is 0.309 e. The number of unbranched alkanes of at least 4 members (excludes halogenated alkanes) is 2. The zero-order valence-electron chi connectivity index (χ0n) is 18.3. The Hall–Kier alpha value is -1.93. The lowest BCUT2D eigenvalue weighted by Crippen LogP contribution is -2.39. The van der Waals surface area contributed by atoms with Crippen LogP contribution in [0.15, 0.2) is 12.2 Å². The molecule has 2 saturated carbocycles. The molecule has 0 bridgehead atoms. The number of ether oxygens (including phenoxy) is 2. The number of nitrogens with two attached hydrogens (primary N) is 1. The first-order valence-electron chi connectivity index (χ1n) is 10.8. The second kappa shape index (κ2) is 10.9. The molecule has 8 nitrogen and oxygen atoms in total. The number of allylic oxidation sites excluding steroid dienone is 2. The Balaban J connectivity index is 1.71. The first-order valence-corrected chi connectivity index (χ1v) is 10.8. The standard InChI is InChI=1S/C22H36N2O6/c1-4-29-14-30-16-11-17(19(23)25)18(12-16)20(26)24(3)10-8-6-5-7-9-15-13-22(15,2)21(27)28/h7,9,15-18H,4-6,8,10-14H2,1-3H3,(H2,23,25)(H,27,28)/b9-7-/t15-,16-,17-,18-,22+/m1/s1. The predicted molar refractivity (Wildman–Crippen MR) is 111 cm³/mol. The third-order valence-corrected chi connectivity index (χ3v) is 6.44. The summed E-state index contributed by atoms with van der Waals surface area (Å²) in [6.07, 6.45) is 8.09. The maximum atomic E-state index is 12.9. The number of hydrogen-bond acceptors (Lipinski definition) is 5. The molecular weight excluding hydrogens is 388 g/mol. The smallest absolute Gasteiger partial charge is 0.309 e. The molecule has 0 aromatic carbocycles. The van der Waals surface area contributed by atoms with Gasteiger partial charge in [-0.3, -0.25) is 14.4 Å². The van der Waals surface area contributed by atoms with E-state index in [4.69, 9.17) is 20.3 Å². The molecule has 2 aliphatic rings. The lowest BCUT2D eigenvalue weighted by molar-refractivity contribution is -0.143. The number of carboxylic acid groups (broad SMARTS) is 1. The number of amides is 2. The first kappa shape index (κ1) is 24.3. The van der Waals surface area contributed by atoms with Crippen LogP contribution in [0.2, 0.25) is 0 Å². The van der Waals surface area contributed by atoms with E-state index in [1.807, 2.05) is 19.1 Å². The van der Waals surface area contributed by atoms with E-state index in [-0.39, 0.29) is 24.7 Å². The summed E-state index contributed by atoms with van der Waals surface area (Å²) in [4.78, 5) is 37.5. The van der Waals surface area contributed by atoms with E-state index < -0.39 is 29.1 Å². The van der Waals surface area contributed by atoms with Crippen molar-refractivity contribution in [1.29, 1.82) is 0 Å². The molecule has 30 heavy (non-hydrogen) atoms. The van der Waals surface area contributed by atoms with Gasteiger partial charge < -0.3 is 25.2 Å². The zero-order chi connectivity index (χ0) is 22.3. The van der Waals surface area contributed by atoms with Gasteiger partial charge in [0.05, 0.1) is 23.4 Å². The SMILES string of the molecule is CCOCO[C@@H]1C[C@@H](C(N)=O)[C@H](C(=O)N(C)CCCC/C=C\[C@@H]2C[C@]2(C)C(=O)O)C1. The highest BCUT2D eigenvalue weighted by Crippen LogP contribution is 2.53. The van der Waals surface area contributed by atoms with Gasteiger partial charge >= 0.3 is 5.97 Å². The summed E-state index contributed by atoms with van der Waals surface area (Å²) in [5.74, 6) is -2.07. The molecule has 2 fully saturated rings. The third kappa shape index (κ3) is 6.28. The van der Waals surface area contributed by atoms with Gasteiger partial charge in [-0.1, -0.05) is 12.2 Å². The Morgan fingerprint density at radius 3 is 2.53 bits per heavy atom. The molecule has 2 aliphatic carbocycles. The number of carboxylic acids is 1. The number of rotatable bonds is 13. The second-order valence-corrected chi connectivity index (χ2v) is 8.70. The number of carbonyl (C=O) groups is 3. The van der Waals surface area contributed by atoms with Gasteiger partial charge in [-0.25, -0.2) is 0 Å². The molecule has 0 aromatic heterocycles. The van der Waals surface area contributed by atoms with Crippen LogP contribution in [-0.4, -0.2) is 60.9 Å². The predicted octanol–water partition coefficient (Wildman–Crippen LogP) is 2.17. The van der Waals surface area contributed by atoms with E-state index in [1.165, 1.54) is 0 Å². The molecule has 0 saturated heterocycles. The van der Waals surface area contributed by atoms with Crippen molar-refractivity contribution in [3.63, 3.8) is 0 Å². The van der Waals surface area contributed by atoms with Crippen molar-refractivity contribution in [3.05, 3.63) is 12.2 Å². The second-order valence-electron chi connectivity index (χ2n) is 8.70. The number of aliphatic carboxylic acids is 1. The first-order chi connectivity index (χ1) is 14.2. The van der Waals surface area contributed by atoms with Gasteiger partial charge in [0.2, 0.25) is 11.8 Å². The lowest BCUT2D eigenvalue weighted by atomic mass is 9.94. The molecule has 0 unspecified atom stereocenters. The van der Waals surface area contributed by atoms with Crippen molar-refractivity contribution in [1.82, 2.24) is 4.90 Å². The molecule has 2 rings (SSSR count). The molecule has 8 heteroatoms. The molecule has 0 radical (unpaired) electrons. The minimum absolute atomic E-state index is 0.0629. The molecule has 5 atom stereocenters. The summed E-state index contributed by atoms with van der Waals surface area (Å²) < 4.78 is 10.8. The summed E-state index contributed by atoms with van der Waals surface area (Å²) in [7, 11) is 1.76. The molecule has 3 N–H and O–H groups in total. The van der Waals surface area contributed by atoms with Crippen molar-refractivity contribution in [2.75, 3.05) is 27.0 Å². The molecule has 0 heterocycles. The number of primary amides is 1. The summed E-state index contributed by atoms with van der Waals surface area (Å²) in [5, 5.41) is 9.14. The van der Waals surface area contributed by atoms with Gasteiger partial charge in [0.1, 0.15) is 6.79 Å². The van der Waals surface area contributed by atoms with Crippen molar-refractivity contribution in [3.8, 4) is 0 Å². The summed E-state index contributed by atoms with van der Waals surface area (Å²) in [6, 6.07) is 0. The van der Waals surface area contributed by atoms with Crippen LogP contribution in [0.25, 0.3) is 0 Å². The van der Waals surface area contributed by atoms with E-state index in [0.717, 1.165) is 19.3 Å². The Morgan fingerprint density at radius 2 is 1.93 bits per heavy atom. The van der Waals surface area contributed by atoms with E-state index in [0.29, 0.717) is 32.4 Å². The molecular formula is C22H36N2O6. The summed E-state index contributed by atoms with van der Waals surface area (Å²) >= 11 is 0. The van der Waals surface area contributed by atoms with Crippen LogP contribution < -0.4 is 5.73 Å². The summed E-state index contributed by atoms with van der Waals surface area (Å²) in [5.41, 5.74) is 4.93. The maximum absolute atomic E-state index is 12.9. The van der Waals surface area contributed by atoms with Crippen LogP contribution in [0.1, 0.15) is 52.4 Å². The highest BCUT2D eigenvalue weighted by molar-refractivity contribution is 5.87. The Labute approximate surface area is 178 Å². The van der Waals surface area contributed by atoms with Gasteiger partial charge in [0.15, 0.2) is 0 Å². The minimum atomic E-state index is -0.732. The van der Waals surface area contributed by atoms with E-state index in [1.54, 1.807) is 18.9 Å².